The van der Waals surface area contributed by atoms with Crippen molar-refractivity contribution < 1.29 is 9.53 Å². The zero-order valence-electron chi connectivity index (χ0n) is 13.6. The summed E-state index contributed by atoms with van der Waals surface area (Å²) in [6.07, 6.45) is 1.78. The van der Waals surface area contributed by atoms with Crippen LogP contribution in [0.15, 0.2) is 23.7 Å². The van der Waals surface area contributed by atoms with Crippen molar-refractivity contribution >= 4 is 23.2 Å². The van der Waals surface area contributed by atoms with Gasteiger partial charge in [-0.25, -0.2) is 14.8 Å². The van der Waals surface area contributed by atoms with Crippen molar-refractivity contribution in [1.82, 2.24) is 20.6 Å². The fourth-order valence-electron chi connectivity index (χ4n) is 2.51. The fourth-order valence-corrected chi connectivity index (χ4v) is 3.22. The van der Waals surface area contributed by atoms with Gasteiger partial charge >= 0.3 is 6.03 Å². The second-order valence-electron chi connectivity index (χ2n) is 5.50. The van der Waals surface area contributed by atoms with Crippen LogP contribution < -0.4 is 15.5 Å². The Kier molecular flexibility index (Phi) is 5.60. The van der Waals surface area contributed by atoms with E-state index in [1.807, 2.05) is 24.4 Å². The van der Waals surface area contributed by atoms with E-state index in [4.69, 9.17) is 4.74 Å². The van der Waals surface area contributed by atoms with Gasteiger partial charge in [-0.2, -0.15) is 0 Å². The third kappa shape index (κ3) is 4.42. The lowest BCUT2D eigenvalue weighted by atomic mass is 10.2. The Morgan fingerprint density at radius 3 is 2.88 bits per heavy atom. The quantitative estimate of drug-likeness (QED) is 0.860. The highest BCUT2D eigenvalue weighted by Crippen LogP contribution is 2.18. The number of hydrogen-bond acceptors (Lipinski definition) is 6. The number of thiazole rings is 1. The maximum atomic E-state index is 12.0. The first-order chi connectivity index (χ1) is 11.7. The van der Waals surface area contributed by atoms with Gasteiger partial charge in [-0.1, -0.05) is 6.07 Å². The molecular weight excluding hydrogens is 326 g/mol. The number of amides is 2. The molecule has 2 N–H and O–H groups in total. The summed E-state index contributed by atoms with van der Waals surface area (Å²) < 4.78 is 5.38. The van der Waals surface area contributed by atoms with Crippen LogP contribution in [0.3, 0.4) is 0 Å². The van der Waals surface area contributed by atoms with E-state index in [0.29, 0.717) is 26.3 Å². The first-order valence-corrected chi connectivity index (χ1v) is 8.79. The van der Waals surface area contributed by atoms with Crippen molar-refractivity contribution in [2.45, 2.75) is 20.0 Å². The maximum absolute atomic E-state index is 12.0. The lowest BCUT2D eigenvalue weighted by molar-refractivity contribution is 0.122. The SMILES string of the molecule is Cc1csc(CNC(=O)NCc2cccnc2N2CCOCC2)n1. The third-order valence-electron chi connectivity index (χ3n) is 3.68. The molecule has 0 unspecified atom stereocenters. The van der Waals surface area contributed by atoms with Crippen molar-refractivity contribution in [3.05, 3.63) is 40.0 Å². The number of nitrogens with zero attached hydrogens (tertiary/aromatic N) is 3. The van der Waals surface area contributed by atoms with E-state index in [-0.39, 0.29) is 6.03 Å². The fraction of sp³-hybridized carbons (Fsp3) is 0.438. The second kappa shape index (κ2) is 8.07. The molecule has 8 heteroatoms. The number of carbonyl (C=O) groups excluding carboxylic acids is 1. The summed E-state index contributed by atoms with van der Waals surface area (Å²) >= 11 is 1.55. The Hall–Kier alpha value is -2.19. The Morgan fingerprint density at radius 2 is 2.12 bits per heavy atom. The highest BCUT2D eigenvalue weighted by molar-refractivity contribution is 7.09. The van der Waals surface area contributed by atoms with Gasteiger partial charge in [-0.05, 0) is 13.0 Å². The predicted octanol–water partition coefficient (Wildman–Crippen LogP) is 1.68. The molecule has 0 aromatic carbocycles. The molecule has 0 radical (unpaired) electrons. The van der Waals surface area contributed by atoms with Crippen molar-refractivity contribution in [3.8, 4) is 0 Å². The number of nitrogens with one attached hydrogen (secondary N) is 2. The summed E-state index contributed by atoms with van der Waals surface area (Å²) in [6, 6.07) is 3.67. The van der Waals surface area contributed by atoms with Gasteiger partial charge in [0.2, 0.25) is 0 Å². The minimum atomic E-state index is -0.209. The average molecular weight is 347 g/mol. The van der Waals surface area contributed by atoms with Gasteiger partial charge in [0, 0.05) is 42.5 Å². The molecule has 0 aliphatic carbocycles. The number of carbonyl (C=O) groups is 1. The van der Waals surface area contributed by atoms with Crippen molar-refractivity contribution in [1.29, 1.82) is 0 Å². The summed E-state index contributed by atoms with van der Waals surface area (Å²) in [7, 11) is 0. The van der Waals surface area contributed by atoms with Crippen LogP contribution in [0, 0.1) is 6.92 Å². The summed E-state index contributed by atoms with van der Waals surface area (Å²) in [5, 5.41) is 8.58. The smallest absolute Gasteiger partial charge is 0.315 e. The van der Waals surface area contributed by atoms with Gasteiger partial charge in [0.1, 0.15) is 10.8 Å². The summed E-state index contributed by atoms with van der Waals surface area (Å²) in [4.78, 5) is 23.0. The molecular formula is C16H21N5O2S. The molecule has 3 rings (SSSR count). The number of urea groups is 1. The Balaban J connectivity index is 1.53. The average Bonchev–Trinajstić information content (AvgIpc) is 3.04. The van der Waals surface area contributed by atoms with Crippen molar-refractivity contribution in [2.24, 2.45) is 0 Å². The number of ether oxygens (including phenoxy) is 1. The standard InChI is InChI=1S/C16H21N5O2S/c1-12-11-24-14(20-12)10-19-16(22)18-9-13-3-2-4-17-15(13)21-5-7-23-8-6-21/h2-4,11H,5-10H2,1H3,(H2,18,19,22). The van der Waals surface area contributed by atoms with Gasteiger partial charge in [0.25, 0.3) is 0 Å². The molecule has 1 fully saturated rings. The van der Waals surface area contributed by atoms with E-state index in [9.17, 15) is 4.79 Å². The van der Waals surface area contributed by atoms with E-state index < -0.39 is 0 Å². The molecule has 1 aliphatic heterocycles. The van der Waals surface area contributed by atoms with Crippen molar-refractivity contribution in [2.75, 3.05) is 31.2 Å². The molecule has 0 saturated carbocycles. The molecule has 3 heterocycles. The van der Waals surface area contributed by atoms with Crippen LogP contribution in [0.1, 0.15) is 16.3 Å². The molecule has 2 aromatic rings. The van der Waals surface area contributed by atoms with E-state index in [1.165, 1.54) is 0 Å². The number of anilines is 1. The van der Waals surface area contributed by atoms with Crippen LogP contribution in [0.4, 0.5) is 10.6 Å². The molecule has 0 atom stereocenters. The minimum absolute atomic E-state index is 0.209. The van der Waals surface area contributed by atoms with Gasteiger partial charge in [0.15, 0.2) is 0 Å². The van der Waals surface area contributed by atoms with Crippen LogP contribution in [0.2, 0.25) is 0 Å². The molecule has 2 amide bonds. The molecule has 128 valence electrons. The summed E-state index contributed by atoms with van der Waals surface area (Å²) in [5.74, 6) is 0.914. The van der Waals surface area contributed by atoms with Gasteiger partial charge < -0.3 is 20.3 Å². The zero-order valence-corrected chi connectivity index (χ0v) is 14.4. The van der Waals surface area contributed by atoms with Gasteiger partial charge in [0.05, 0.1) is 19.8 Å². The topological polar surface area (TPSA) is 79.4 Å². The maximum Gasteiger partial charge on any atom is 0.315 e. The molecule has 24 heavy (non-hydrogen) atoms. The molecule has 1 aliphatic rings. The summed E-state index contributed by atoms with van der Waals surface area (Å²) in [6.45, 7) is 5.86. The molecule has 7 nitrogen and oxygen atoms in total. The van der Waals surface area contributed by atoms with E-state index in [1.54, 1.807) is 17.5 Å². The Bertz CT molecular complexity index is 685. The lowest BCUT2D eigenvalue weighted by Gasteiger charge is -2.29. The van der Waals surface area contributed by atoms with E-state index >= 15 is 0 Å². The molecule has 2 aromatic heterocycles. The molecule has 0 bridgehead atoms. The normalized spacial score (nSPS) is 14.5. The largest absolute Gasteiger partial charge is 0.378 e. The van der Waals surface area contributed by atoms with Crippen LogP contribution in [0.25, 0.3) is 0 Å². The van der Waals surface area contributed by atoms with Gasteiger partial charge in [-0.3, -0.25) is 0 Å². The van der Waals surface area contributed by atoms with Crippen LogP contribution in [0.5, 0.6) is 0 Å². The Morgan fingerprint density at radius 1 is 1.33 bits per heavy atom. The monoisotopic (exact) mass is 347 g/mol. The Labute approximate surface area is 145 Å². The third-order valence-corrected chi connectivity index (χ3v) is 4.65. The number of morpholine rings is 1. The minimum Gasteiger partial charge on any atom is -0.378 e. The van der Waals surface area contributed by atoms with E-state index in [2.05, 4.69) is 25.5 Å². The number of pyridine rings is 1. The lowest BCUT2D eigenvalue weighted by Crippen LogP contribution is -2.38. The first kappa shape index (κ1) is 16.7. The number of hydrogen-bond donors (Lipinski definition) is 2. The van der Waals surface area contributed by atoms with Gasteiger partial charge in [-0.15, -0.1) is 11.3 Å². The summed E-state index contributed by atoms with van der Waals surface area (Å²) in [5.41, 5.74) is 1.97. The highest BCUT2D eigenvalue weighted by Gasteiger charge is 2.16. The molecule has 1 saturated heterocycles. The zero-order chi connectivity index (χ0) is 16.8. The molecule has 0 spiro atoms. The predicted molar refractivity (Wildman–Crippen MR) is 93.2 cm³/mol. The van der Waals surface area contributed by atoms with E-state index in [0.717, 1.165) is 35.2 Å². The van der Waals surface area contributed by atoms with Crippen LogP contribution in [-0.2, 0) is 17.8 Å². The first-order valence-electron chi connectivity index (χ1n) is 7.91. The second-order valence-corrected chi connectivity index (χ2v) is 6.45. The number of aryl methyl sites for hydroxylation is 1. The number of rotatable bonds is 5. The van der Waals surface area contributed by atoms with Crippen LogP contribution >= 0.6 is 11.3 Å². The number of aromatic nitrogens is 2. The van der Waals surface area contributed by atoms with Crippen LogP contribution in [-0.4, -0.2) is 42.3 Å². The highest BCUT2D eigenvalue weighted by atomic mass is 32.1. The van der Waals surface area contributed by atoms with Crippen molar-refractivity contribution in [3.63, 3.8) is 0 Å².